The zero-order valence-corrected chi connectivity index (χ0v) is 15.9. The van der Waals surface area contributed by atoms with Gasteiger partial charge in [0.1, 0.15) is 5.82 Å². The van der Waals surface area contributed by atoms with Gasteiger partial charge < -0.3 is 10.6 Å². The molecule has 6 heteroatoms. The number of carbonyl (C=O) groups excluding carboxylic acids is 1. The lowest BCUT2D eigenvalue weighted by Gasteiger charge is -2.28. The average molecular weight is 375 g/mol. The van der Waals surface area contributed by atoms with Crippen molar-refractivity contribution in [2.24, 2.45) is 11.8 Å². The highest BCUT2D eigenvalue weighted by atomic mass is 35.5. The van der Waals surface area contributed by atoms with Crippen molar-refractivity contribution in [1.82, 2.24) is 10.6 Å². The molecule has 0 aromatic heterocycles. The molecule has 1 heterocycles. The van der Waals surface area contributed by atoms with Gasteiger partial charge >= 0.3 is 0 Å². The van der Waals surface area contributed by atoms with E-state index >= 15 is 0 Å². The quantitative estimate of drug-likeness (QED) is 0.536. The van der Waals surface area contributed by atoms with Gasteiger partial charge in [0, 0.05) is 17.9 Å². The number of carbonyl (C=O) groups is 1. The molecule has 1 aliphatic rings. The molecular formula is C18H28ClFN2OS. The van der Waals surface area contributed by atoms with Crippen molar-refractivity contribution in [3.05, 3.63) is 30.1 Å². The second-order valence-electron chi connectivity index (χ2n) is 6.29. The van der Waals surface area contributed by atoms with Crippen LogP contribution in [0.3, 0.4) is 0 Å². The van der Waals surface area contributed by atoms with E-state index in [0.29, 0.717) is 24.8 Å². The third-order valence-corrected chi connectivity index (χ3v) is 5.47. The minimum Gasteiger partial charge on any atom is -0.356 e. The van der Waals surface area contributed by atoms with Crippen LogP contribution < -0.4 is 10.6 Å². The molecule has 0 spiro atoms. The summed E-state index contributed by atoms with van der Waals surface area (Å²) in [5, 5.41) is 6.43. The summed E-state index contributed by atoms with van der Waals surface area (Å²) in [7, 11) is 0. The first-order valence-corrected chi connectivity index (χ1v) is 9.49. The smallest absolute Gasteiger partial charge is 0.220 e. The maximum absolute atomic E-state index is 12.8. The summed E-state index contributed by atoms with van der Waals surface area (Å²) < 4.78 is 12.8. The summed E-state index contributed by atoms with van der Waals surface area (Å²) in [5.41, 5.74) is 0. The fourth-order valence-corrected chi connectivity index (χ4v) is 3.77. The lowest BCUT2D eigenvalue weighted by atomic mass is 9.85. The highest BCUT2D eigenvalue weighted by molar-refractivity contribution is 7.99. The molecular weight excluding hydrogens is 347 g/mol. The van der Waals surface area contributed by atoms with Gasteiger partial charge in [0.15, 0.2) is 0 Å². The fourth-order valence-electron chi connectivity index (χ4n) is 2.92. The highest BCUT2D eigenvalue weighted by Crippen LogP contribution is 2.22. The van der Waals surface area contributed by atoms with Crippen molar-refractivity contribution in [2.45, 2.75) is 37.5 Å². The number of halogens is 2. The molecule has 24 heavy (non-hydrogen) atoms. The molecule has 2 rings (SSSR count). The summed E-state index contributed by atoms with van der Waals surface area (Å²) >= 11 is 1.69. The van der Waals surface area contributed by atoms with Crippen LogP contribution in [0, 0.1) is 17.7 Å². The lowest BCUT2D eigenvalue weighted by molar-refractivity contribution is -0.122. The van der Waals surface area contributed by atoms with Gasteiger partial charge in [-0.15, -0.1) is 24.2 Å². The van der Waals surface area contributed by atoms with Crippen molar-refractivity contribution < 1.29 is 9.18 Å². The summed E-state index contributed by atoms with van der Waals surface area (Å²) in [6, 6.07) is 6.54. The molecule has 0 saturated carbocycles. The van der Waals surface area contributed by atoms with E-state index in [0.717, 1.165) is 30.2 Å². The fraction of sp³-hybridized carbons (Fsp3) is 0.611. The van der Waals surface area contributed by atoms with Crippen LogP contribution in [0.15, 0.2) is 29.2 Å². The van der Waals surface area contributed by atoms with E-state index in [1.165, 1.54) is 25.0 Å². The number of amides is 1. The monoisotopic (exact) mass is 374 g/mol. The Hall–Kier alpha value is -0.780. The van der Waals surface area contributed by atoms with E-state index in [1.807, 2.05) is 0 Å². The summed E-state index contributed by atoms with van der Waals surface area (Å²) in [6.07, 6.45) is 4.00. The van der Waals surface area contributed by atoms with E-state index in [2.05, 4.69) is 17.6 Å². The third kappa shape index (κ3) is 7.86. The van der Waals surface area contributed by atoms with Crippen LogP contribution in [-0.2, 0) is 4.79 Å². The first-order chi connectivity index (χ1) is 11.1. The minimum absolute atomic E-state index is 0. The van der Waals surface area contributed by atoms with Crippen LogP contribution in [0.25, 0.3) is 0 Å². The predicted molar refractivity (Wildman–Crippen MR) is 101 cm³/mol. The van der Waals surface area contributed by atoms with Crippen LogP contribution in [0.2, 0.25) is 0 Å². The zero-order chi connectivity index (χ0) is 16.5. The second kappa shape index (κ2) is 11.7. The van der Waals surface area contributed by atoms with Crippen LogP contribution in [0.1, 0.15) is 32.6 Å². The molecule has 1 aromatic carbocycles. The number of piperidine rings is 1. The second-order valence-corrected chi connectivity index (χ2v) is 7.46. The van der Waals surface area contributed by atoms with Crippen LogP contribution >= 0.6 is 24.2 Å². The highest BCUT2D eigenvalue weighted by Gasteiger charge is 2.21. The van der Waals surface area contributed by atoms with E-state index in [1.54, 1.807) is 23.9 Å². The Morgan fingerprint density at radius 3 is 2.83 bits per heavy atom. The Kier molecular flexibility index (Phi) is 10.4. The molecule has 1 aliphatic heterocycles. The van der Waals surface area contributed by atoms with Crippen molar-refractivity contribution in [3.63, 3.8) is 0 Å². The first kappa shape index (κ1) is 21.3. The molecule has 1 fully saturated rings. The molecule has 2 unspecified atom stereocenters. The Morgan fingerprint density at radius 2 is 2.17 bits per heavy atom. The Bertz CT molecular complexity index is 480. The topological polar surface area (TPSA) is 41.1 Å². The normalized spacial score (nSPS) is 18.5. The molecule has 2 atom stereocenters. The average Bonchev–Trinajstić information content (AvgIpc) is 2.57. The van der Waals surface area contributed by atoms with Crippen LogP contribution in [0.5, 0.6) is 0 Å². The number of benzene rings is 1. The molecule has 136 valence electrons. The van der Waals surface area contributed by atoms with Crippen molar-refractivity contribution >= 4 is 30.1 Å². The van der Waals surface area contributed by atoms with Gasteiger partial charge in [-0.05, 0) is 74.2 Å². The van der Waals surface area contributed by atoms with E-state index in [-0.39, 0.29) is 24.1 Å². The number of nitrogens with one attached hydrogen (secondary N) is 2. The SMILES string of the molecule is CC(CC(=O)NCCCSc1ccc(F)cc1)C1CCCNC1.Cl. The largest absolute Gasteiger partial charge is 0.356 e. The van der Waals surface area contributed by atoms with E-state index in [9.17, 15) is 9.18 Å². The standard InChI is InChI=1S/C18H27FN2OS.ClH/c1-14(15-4-2-9-20-13-15)12-18(22)21-10-3-11-23-17-7-5-16(19)6-8-17;/h5-8,14-15,20H,2-4,9-13H2,1H3,(H,21,22);1H. The molecule has 2 N–H and O–H groups in total. The van der Waals surface area contributed by atoms with E-state index in [4.69, 9.17) is 0 Å². The van der Waals surface area contributed by atoms with Crippen molar-refractivity contribution in [3.8, 4) is 0 Å². The zero-order valence-electron chi connectivity index (χ0n) is 14.2. The summed E-state index contributed by atoms with van der Waals surface area (Å²) in [6.45, 7) is 5.05. The van der Waals surface area contributed by atoms with Gasteiger partial charge in [-0.2, -0.15) is 0 Å². The number of hydrogen-bond donors (Lipinski definition) is 2. The van der Waals surface area contributed by atoms with Gasteiger partial charge in [-0.25, -0.2) is 4.39 Å². The van der Waals surface area contributed by atoms with Gasteiger partial charge in [0.05, 0.1) is 0 Å². The lowest BCUT2D eigenvalue weighted by Crippen LogP contribution is -2.35. The van der Waals surface area contributed by atoms with Gasteiger partial charge in [-0.1, -0.05) is 6.92 Å². The van der Waals surface area contributed by atoms with Crippen LogP contribution in [0.4, 0.5) is 4.39 Å². The maximum atomic E-state index is 12.8. The summed E-state index contributed by atoms with van der Waals surface area (Å²) in [5.74, 6) is 1.95. The Balaban J connectivity index is 0.00000288. The Morgan fingerprint density at radius 1 is 1.42 bits per heavy atom. The molecule has 0 aliphatic carbocycles. The van der Waals surface area contributed by atoms with Crippen molar-refractivity contribution in [1.29, 1.82) is 0 Å². The van der Waals surface area contributed by atoms with Gasteiger partial charge in [0.2, 0.25) is 5.91 Å². The minimum atomic E-state index is -0.205. The summed E-state index contributed by atoms with van der Waals surface area (Å²) in [4.78, 5) is 13.1. The molecule has 0 radical (unpaired) electrons. The third-order valence-electron chi connectivity index (χ3n) is 4.37. The number of rotatable bonds is 8. The van der Waals surface area contributed by atoms with Gasteiger partial charge in [0.25, 0.3) is 0 Å². The number of thioether (sulfide) groups is 1. The van der Waals surface area contributed by atoms with Crippen LogP contribution in [-0.4, -0.2) is 31.3 Å². The number of hydrogen-bond acceptors (Lipinski definition) is 3. The predicted octanol–water partition coefficient (Wildman–Crippen LogP) is 3.87. The van der Waals surface area contributed by atoms with Gasteiger partial charge in [-0.3, -0.25) is 4.79 Å². The first-order valence-electron chi connectivity index (χ1n) is 8.51. The maximum Gasteiger partial charge on any atom is 0.220 e. The molecule has 0 bridgehead atoms. The molecule has 1 saturated heterocycles. The molecule has 1 amide bonds. The Labute approximate surface area is 155 Å². The van der Waals surface area contributed by atoms with Crippen molar-refractivity contribution in [2.75, 3.05) is 25.4 Å². The van der Waals surface area contributed by atoms with E-state index < -0.39 is 0 Å². The molecule has 1 aromatic rings. The molecule has 3 nitrogen and oxygen atoms in total.